The zero-order valence-electron chi connectivity index (χ0n) is 12.2. The van der Waals surface area contributed by atoms with Gasteiger partial charge in [0.15, 0.2) is 0 Å². The fourth-order valence-corrected chi connectivity index (χ4v) is 4.94. The highest BCUT2D eigenvalue weighted by Crippen LogP contribution is 2.53. The first-order valence-electron chi connectivity index (χ1n) is 7.49. The van der Waals surface area contributed by atoms with Crippen molar-refractivity contribution in [2.75, 3.05) is 6.61 Å². The van der Waals surface area contributed by atoms with Gasteiger partial charge in [0.2, 0.25) is 10.0 Å². The highest BCUT2D eigenvalue weighted by atomic mass is 32.2. The van der Waals surface area contributed by atoms with Crippen molar-refractivity contribution in [3.8, 4) is 0 Å². The van der Waals surface area contributed by atoms with E-state index in [1.807, 2.05) is 0 Å². The van der Waals surface area contributed by atoms with Crippen molar-refractivity contribution >= 4 is 16.1 Å². The van der Waals surface area contributed by atoms with E-state index >= 15 is 0 Å². The Labute approximate surface area is 130 Å². The highest BCUT2D eigenvalue weighted by Gasteiger charge is 2.52. The van der Waals surface area contributed by atoms with Crippen LogP contribution in [0.2, 0.25) is 0 Å². The summed E-state index contributed by atoms with van der Waals surface area (Å²) in [5, 5.41) is 10.8. The van der Waals surface area contributed by atoms with Crippen LogP contribution in [0, 0.1) is 17.2 Å². The number of halogens is 1. The molecule has 4 nitrogen and oxygen atoms in total. The van der Waals surface area contributed by atoms with Crippen LogP contribution in [0.1, 0.15) is 31.2 Å². The van der Waals surface area contributed by atoms with Gasteiger partial charge in [0.1, 0.15) is 5.82 Å². The Morgan fingerprint density at radius 2 is 2.09 bits per heavy atom. The molecule has 0 amide bonds. The average Bonchev–Trinajstić information content (AvgIpc) is 3.05. The van der Waals surface area contributed by atoms with Crippen molar-refractivity contribution < 1.29 is 17.9 Å². The van der Waals surface area contributed by atoms with E-state index in [0.717, 1.165) is 31.1 Å². The molecule has 0 aliphatic heterocycles. The second-order valence-electron chi connectivity index (χ2n) is 6.43. The SMILES string of the molecule is O=S(=O)(/C=C/c1ccc(F)cc1)N[C@H]1C[C@H]2CC[C@]1(CO)C2. The number of sulfonamides is 1. The molecule has 1 aromatic rings. The van der Waals surface area contributed by atoms with Crippen LogP contribution in [-0.2, 0) is 10.0 Å². The van der Waals surface area contributed by atoms with Crippen LogP contribution in [0.4, 0.5) is 4.39 Å². The molecule has 2 N–H and O–H groups in total. The minimum absolute atomic E-state index is 0.0262. The van der Waals surface area contributed by atoms with E-state index in [1.165, 1.54) is 30.3 Å². The highest BCUT2D eigenvalue weighted by molar-refractivity contribution is 7.92. The van der Waals surface area contributed by atoms with E-state index in [9.17, 15) is 17.9 Å². The number of rotatable bonds is 5. The minimum Gasteiger partial charge on any atom is -0.396 e. The molecule has 2 aliphatic carbocycles. The van der Waals surface area contributed by atoms with Gasteiger partial charge in [-0.15, -0.1) is 0 Å². The lowest BCUT2D eigenvalue weighted by atomic mass is 9.81. The Kier molecular flexibility index (Phi) is 4.09. The van der Waals surface area contributed by atoms with Crippen molar-refractivity contribution in [2.24, 2.45) is 11.3 Å². The minimum atomic E-state index is -3.58. The normalized spacial score (nSPS) is 31.2. The first kappa shape index (κ1) is 15.6. The van der Waals surface area contributed by atoms with E-state index in [4.69, 9.17) is 0 Å². The predicted molar refractivity (Wildman–Crippen MR) is 82.8 cm³/mol. The molecule has 0 aromatic heterocycles. The van der Waals surface area contributed by atoms with Crippen LogP contribution in [0.25, 0.3) is 6.08 Å². The van der Waals surface area contributed by atoms with E-state index < -0.39 is 10.0 Å². The molecule has 120 valence electrons. The number of benzene rings is 1. The molecule has 2 aliphatic rings. The van der Waals surface area contributed by atoms with E-state index in [-0.39, 0.29) is 23.9 Å². The molecule has 1 aromatic carbocycles. The smallest absolute Gasteiger partial charge is 0.234 e. The molecule has 2 bridgehead atoms. The van der Waals surface area contributed by atoms with Gasteiger partial charge in [-0.2, -0.15) is 0 Å². The molecule has 0 saturated heterocycles. The molecule has 6 heteroatoms. The maximum atomic E-state index is 12.8. The second kappa shape index (κ2) is 5.76. The Morgan fingerprint density at radius 3 is 2.73 bits per heavy atom. The second-order valence-corrected chi connectivity index (χ2v) is 8.03. The molecule has 0 unspecified atom stereocenters. The fourth-order valence-electron chi connectivity index (χ4n) is 3.78. The van der Waals surface area contributed by atoms with Gasteiger partial charge in [-0.3, -0.25) is 0 Å². The summed E-state index contributed by atoms with van der Waals surface area (Å²) < 4.78 is 39.9. The summed E-state index contributed by atoms with van der Waals surface area (Å²) in [5.41, 5.74) is 0.332. The quantitative estimate of drug-likeness (QED) is 0.873. The van der Waals surface area contributed by atoms with Gasteiger partial charge in [0.05, 0.1) is 6.61 Å². The zero-order valence-corrected chi connectivity index (χ0v) is 13.0. The topological polar surface area (TPSA) is 66.4 Å². The van der Waals surface area contributed by atoms with E-state index in [2.05, 4.69) is 4.72 Å². The monoisotopic (exact) mass is 325 g/mol. The Hall–Kier alpha value is -1.24. The first-order valence-corrected chi connectivity index (χ1v) is 9.04. The number of hydrogen-bond acceptors (Lipinski definition) is 3. The summed E-state index contributed by atoms with van der Waals surface area (Å²) in [5.74, 6) is 0.158. The van der Waals surface area contributed by atoms with Gasteiger partial charge < -0.3 is 5.11 Å². The molecule has 0 spiro atoms. The standard InChI is InChI=1S/C16H20FNO3S/c17-14-3-1-12(2-4-14)6-8-22(20,21)18-15-9-13-5-7-16(15,10-13)11-19/h1-4,6,8,13,15,18-19H,5,7,9-11H2/b8-6+/t13-,15+,16-/m1/s1. The lowest BCUT2D eigenvalue weighted by Gasteiger charge is -2.33. The fraction of sp³-hybridized carbons (Fsp3) is 0.500. The van der Waals surface area contributed by atoms with E-state index in [1.54, 1.807) is 0 Å². The summed E-state index contributed by atoms with van der Waals surface area (Å²) in [6, 6.07) is 5.42. The molecule has 2 saturated carbocycles. The first-order chi connectivity index (χ1) is 10.4. The molecule has 3 rings (SSSR count). The average molecular weight is 325 g/mol. The lowest BCUT2D eigenvalue weighted by molar-refractivity contribution is 0.109. The number of hydrogen-bond donors (Lipinski definition) is 2. The largest absolute Gasteiger partial charge is 0.396 e. The number of fused-ring (bicyclic) bond motifs is 2. The Bertz CT molecular complexity index is 671. The van der Waals surface area contributed by atoms with Crippen LogP contribution >= 0.6 is 0 Å². The molecule has 22 heavy (non-hydrogen) atoms. The Balaban J connectivity index is 1.70. The van der Waals surface area contributed by atoms with Gasteiger partial charge in [0.25, 0.3) is 0 Å². The third kappa shape index (κ3) is 3.09. The molecule has 2 fully saturated rings. The van der Waals surface area contributed by atoms with Crippen molar-refractivity contribution in [3.63, 3.8) is 0 Å². The summed E-state index contributed by atoms with van der Waals surface area (Å²) >= 11 is 0. The van der Waals surface area contributed by atoms with Gasteiger partial charge in [-0.1, -0.05) is 12.1 Å². The van der Waals surface area contributed by atoms with Gasteiger partial charge in [-0.25, -0.2) is 17.5 Å². The van der Waals surface area contributed by atoms with Crippen LogP contribution in [0.3, 0.4) is 0 Å². The number of aliphatic hydroxyl groups excluding tert-OH is 1. The summed E-state index contributed by atoms with van der Waals surface area (Å²) in [6.45, 7) is 0.0262. The zero-order chi connectivity index (χ0) is 15.8. The Morgan fingerprint density at radius 1 is 1.36 bits per heavy atom. The van der Waals surface area contributed by atoms with Gasteiger partial charge >= 0.3 is 0 Å². The molecule has 3 atom stereocenters. The van der Waals surface area contributed by atoms with Crippen molar-refractivity contribution in [3.05, 3.63) is 41.1 Å². The van der Waals surface area contributed by atoms with Crippen LogP contribution in [0.15, 0.2) is 29.7 Å². The van der Waals surface area contributed by atoms with Crippen LogP contribution < -0.4 is 4.72 Å². The number of nitrogens with one attached hydrogen (secondary N) is 1. The molecular formula is C16H20FNO3S. The maximum absolute atomic E-state index is 12.8. The maximum Gasteiger partial charge on any atom is 0.234 e. The lowest BCUT2D eigenvalue weighted by Crippen LogP contribution is -2.46. The van der Waals surface area contributed by atoms with Crippen molar-refractivity contribution in [1.29, 1.82) is 0 Å². The van der Waals surface area contributed by atoms with Crippen LogP contribution in [0.5, 0.6) is 0 Å². The molecule has 0 radical (unpaired) electrons. The molecule has 0 heterocycles. The van der Waals surface area contributed by atoms with Crippen molar-refractivity contribution in [2.45, 2.75) is 31.7 Å². The summed E-state index contributed by atoms with van der Waals surface area (Å²) in [6.07, 6.45) is 5.09. The third-order valence-corrected chi connectivity index (χ3v) is 6.09. The van der Waals surface area contributed by atoms with Crippen molar-refractivity contribution in [1.82, 2.24) is 4.72 Å². The summed E-state index contributed by atoms with van der Waals surface area (Å²) in [7, 11) is -3.58. The molecular weight excluding hydrogens is 305 g/mol. The summed E-state index contributed by atoms with van der Waals surface area (Å²) in [4.78, 5) is 0. The van der Waals surface area contributed by atoms with E-state index in [0.29, 0.717) is 11.5 Å². The predicted octanol–water partition coefficient (Wildman–Crippen LogP) is 2.27. The van der Waals surface area contributed by atoms with Gasteiger partial charge in [-0.05, 0) is 55.4 Å². The number of aliphatic hydroxyl groups is 1. The third-order valence-electron chi connectivity index (χ3n) is 4.98. The van der Waals surface area contributed by atoms with Gasteiger partial charge in [0, 0.05) is 16.9 Å². The van der Waals surface area contributed by atoms with Crippen LogP contribution in [-0.4, -0.2) is 26.2 Å².